The van der Waals surface area contributed by atoms with E-state index in [2.05, 4.69) is 37.3 Å². The number of nitrogens with zero attached hydrogens (tertiary/aromatic N) is 1. The fourth-order valence-electron chi connectivity index (χ4n) is 4.64. The summed E-state index contributed by atoms with van der Waals surface area (Å²) in [6.45, 7) is 2.07. The van der Waals surface area contributed by atoms with E-state index in [0.29, 0.717) is 18.4 Å². The first kappa shape index (κ1) is 19.7. The van der Waals surface area contributed by atoms with Gasteiger partial charge in [0, 0.05) is 11.8 Å². The Morgan fingerprint density at radius 2 is 1.84 bits per heavy atom. The maximum atomic E-state index is 13.3. The maximum absolute atomic E-state index is 13.3. The molecule has 0 N–H and O–H groups in total. The summed E-state index contributed by atoms with van der Waals surface area (Å²) in [5.41, 5.74) is 6.64. The standard InChI is InChI=1S/C27H25NO3/c1-17-10-12-18(13-11-17)16-19-14-15-21-25(20-6-2-3-7-22(20)28-26(19)21)27(30)31-24-9-5-4-8-23(24)29/h2-3,6-7,10-13,16,24H,4-5,8-9,14-15H2,1H3/b19-16+/t24-/m0/s1. The van der Waals surface area contributed by atoms with Crippen LogP contribution in [0.25, 0.3) is 22.6 Å². The lowest BCUT2D eigenvalue weighted by Gasteiger charge is -2.21. The van der Waals surface area contributed by atoms with Gasteiger partial charge in [-0.3, -0.25) is 4.79 Å². The summed E-state index contributed by atoms with van der Waals surface area (Å²) >= 11 is 0. The normalized spacial score (nSPS) is 19.6. The Hall–Kier alpha value is -3.27. The summed E-state index contributed by atoms with van der Waals surface area (Å²) in [7, 11) is 0. The topological polar surface area (TPSA) is 56.3 Å². The molecule has 156 valence electrons. The molecule has 0 unspecified atom stereocenters. The van der Waals surface area contributed by atoms with Crippen molar-refractivity contribution in [3.8, 4) is 0 Å². The van der Waals surface area contributed by atoms with E-state index < -0.39 is 12.1 Å². The number of ether oxygens (including phenoxy) is 1. The van der Waals surface area contributed by atoms with Gasteiger partial charge in [0.1, 0.15) is 0 Å². The van der Waals surface area contributed by atoms with E-state index in [0.717, 1.165) is 59.0 Å². The Kier molecular flexibility index (Phi) is 5.14. The number of benzene rings is 2. The minimum Gasteiger partial charge on any atom is -0.451 e. The van der Waals surface area contributed by atoms with Gasteiger partial charge in [0.15, 0.2) is 11.9 Å². The molecule has 0 amide bonds. The second-order valence-corrected chi connectivity index (χ2v) is 8.52. The second-order valence-electron chi connectivity index (χ2n) is 8.52. The summed E-state index contributed by atoms with van der Waals surface area (Å²) in [5.74, 6) is -0.360. The van der Waals surface area contributed by atoms with Gasteiger partial charge in [0.2, 0.25) is 0 Å². The summed E-state index contributed by atoms with van der Waals surface area (Å²) in [5, 5.41) is 0.797. The van der Waals surface area contributed by atoms with Crippen molar-refractivity contribution in [3.63, 3.8) is 0 Å². The first-order valence-electron chi connectivity index (χ1n) is 11.0. The molecule has 3 aromatic rings. The molecule has 1 aromatic heterocycles. The number of rotatable bonds is 3. The highest BCUT2D eigenvalue weighted by atomic mass is 16.5. The molecule has 1 heterocycles. The van der Waals surface area contributed by atoms with Crippen molar-refractivity contribution in [1.82, 2.24) is 4.98 Å². The fourth-order valence-corrected chi connectivity index (χ4v) is 4.64. The zero-order valence-corrected chi connectivity index (χ0v) is 17.7. The maximum Gasteiger partial charge on any atom is 0.339 e. The van der Waals surface area contributed by atoms with Gasteiger partial charge in [0.05, 0.1) is 16.8 Å². The van der Waals surface area contributed by atoms with Crippen LogP contribution in [0.1, 0.15) is 64.8 Å². The molecule has 2 aliphatic rings. The monoisotopic (exact) mass is 411 g/mol. The van der Waals surface area contributed by atoms with Crippen molar-refractivity contribution in [2.24, 2.45) is 0 Å². The highest BCUT2D eigenvalue weighted by Crippen LogP contribution is 2.38. The first-order valence-corrected chi connectivity index (χ1v) is 11.0. The first-order chi connectivity index (χ1) is 15.1. The van der Waals surface area contributed by atoms with E-state index in [-0.39, 0.29) is 5.78 Å². The molecule has 0 spiro atoms. The summed E-state index contributed by atoms with van der Waals surface area (Å²) < 4.78 is 5.75. The number of allylic oxidation sites excluding steroid dienone is 1. The van der Waals surface area contributed by atoms with Gasteiger partial charge in [-0.05, 0) is 67.9 Å². The van der Waals surface area contributed by atoms with E-state index in [1.807, 2.05) is 24.3 Å². The molecule has 1 fully saturated rings. The molecule has 0 saturated heterocycles. The molecule has 5 rings (SSSR count). The smallest absolute Gasteiger partial charge is 0.339 e. The molecular weight excluding hydrogens is 386 g/mol. The number of fused-ring (bicyclic) bond motifs is 2. The van der Waals surface area contributed by atoms with Crippen molar-refractivity contribution in [1.29, 1.82) is 0 Å². The number of Topliss-reactive ketones (excluding diaryl/α,β-unsaturated/α-hetero) is 1. The number of aromatic nitrogens is 1. The van der Waals surface area contributed by atoms with E-state index in [9.17, 15) is 9.59 Å². The third-order valence-corrected chi connectivity index (χ3v) is 6.31. The van der Waals surface area contributed by atoms with Crippen LogP contribution in [0.3, 0.4) is 0 Å². The average Bonchev–Trinajstić information content (AvgIpc) is 3.17. The van der Waals surface area contributed by atoms with Crippen molar-refractivity contribution in [2.75, 3.05) is 0 Å². The minimum absolute atomic E-state index is 0.0366. The Balaban J connectivity index is 1.58. The zero-order chi connectivity index (χ0) is 21.4. The fraction of sp³-hybridized carbons (Fsp3) is 0.296. The highest BCUT2D eigenvalue weighted by Gasteiger charge is 2.31. The molecule has 1 atom stereocenters. The number of hydrogen-bond donors (Lipinski definition) is 0. The predicted molar refractivity (Wildman–Crippen MR) is 122 cm³/mol. The molecule has 4 nitrogen and oxygen atoms in total. The molecule has 2 aliphatic carbocycles. The summed E-state index contributed by atoms with van der Waals surface area (Å²) in [4.78, 5) is 30.5. The van der Waals surface area contributed by atoms with Gasteiger partial charge in [0.25, 0.3) is 0 Å². The zero-order valence-electron chi connectivity index (χ0n) is 17.7. The van der Waals surface area contributed by atoms with Gasteiger partial charge >= 0.3 is 5.97 Å². The van der Waals surface area contributed by atoms with E-state index in [1.165, 1.54) is 5.56 Å². The number of para-hydroxylation sites is 1. The number of esters is 1. The van der Waals surface area contributed by atoms with Crippen molar-refractivity contribution in [2.45, 2.75) is 51.6 Å². The van der Waals surface area contributed by atoms with Crippen molar-refractivity contribution >= 4 is 34.3 Å². The van der Waals surface area contributed by atoms with Gasteiger partial charge < -0.3 is 4.74 Å². The van der Waals surface area contributed by atoms with E-state index in [4.69, 9.17) is 9.72 Å². The molecule has 31 heavy (non-hydrogen) atoms. The largest absolute Gasteiger partial charge is 0.451 e. The van der Waals surface area contributed by atoms with Crippen LogP contribution in [0.5, 0.6) is 0 Å². The van der Waals surface area contributed by atoms with Gasteiger partial charge in [-0.1, -0.05) is 48.0 Å². The quantitative estimate of drug-likeness (QED) is 0.519. The van der Waals surface area contributed by atoms with Gasteiger partial charge in [-0.2, -0.15) is 0 Å². The molecular formula is C27H25NO3. The van der Waals surface area contributed by atoms with Crippen LogP contribution in [0.2, 0.25) is 0 Å². The molecule has 2 aromatic carbocycles. The molecule has 1 saturated carbocycles. The van der Waals surface area contributed by atoms with Crippen molar-refractivity contribution in [3.05, 3.63) is 76.5 Å². The van der Waals surface area contributed by atoms with Crippen LogP contribution in [0.4, 0.5) is 0 Å². The Morgan fingerprint density at radius 3 is 2.65 bits per heavy atom. The Morgan fingerprint density at radius 1 is 1.03 bits per heavy atom. The summed E-state index contributed by atoms with van der Waals surface area (Å²) in [6, 6.07) is 16.1. The molecule has 0 aliphatic heterocycles. The predicted octanol–water partition coefficient (Wildman–Crippen LogP) is 5.70. The van der Waals surface area contributed by atoms with Crippen LogP contribution in [-0.4, -0.2) is 22.8 Å². The lowest BCUT2D eigenvalue weighted by Crippen LogP contribution is -2.30. The van der Waals surface area contributed by atoms with Gasteiger partial charge in [-0.25, -0.2) is 9.78 Å². The molecule has 4 heteroatoms. The van der Waals surface area contributed by atoms with E-state index in [1.54, 1.807) is 0 Å². The summed E-state index contributed by atoms with van der Waals surface area (Å²) in [6.07, 6.45) is 6.03. The minimum atomic E-state index is -0.618. The van der Waals surface area contributed by atoms with E-state index >= 15 is 0 Å². The number of pyridine rings is 1. The molecule has 0 radical (unpaired) electrons. The third kappa shape index (κ3) is 3.78. The average molecular weight is 412 g/mol. The number of ketones is 1. The SMILES string of the molecule is Cc1ccc(/C=C2\CCc3c2nc2ccccc2c3C(=O)O[C@H]2CCCCC2=O)cc1. The van der Waals surface area contributed by atoms with Crippen LogP contribution in [-0.2, 0) is 16.0 Å². The van der Waals surface area contributed by atoms with Gasteiger partial charge in [-0.15, -0.1) is 0 Å². The second kappa shape index (κ2) is 8.10. The third-order valence-electron chi connectivity index (χ3n) is 6.31. The van der Waals surface area contributed by atoms with Crippen LogP contribution in [0.15, 0.2) is 48.5 Å². The Labute approximate surface area is 182 Å². The van der Waals surface area contributed by atoms with Crippen LogP contribution >= 0.6 is 0 Å². The number of hydrogen-bond acceptors (Lipinski definition) is 4. The Bertz CT molecular complexity index is 1210. The lowest BCUT2D eigenvalue weighted by molar-refractivity contribution is -0.129. The van der Waals surface area contributed by atoms with Crippen molar-refractivity contribution < 1.29 is 14.3 Å². The molecule has 0 bridgehead atoms. The number of aryl methyl sites for hydroxylation is 1. The lowest BCUT2D eigenvalue weighted by atomic mass is 9.96. The number of carbonyl (C=O) groups excluding carboxylic acids is 2. The number of carbonyl (C=O) groups is 2. The van der Waals surface area contributed by atoms with Crippen LogP contribution in [0, 0.1) is 6.92 Å². The van der Waals surface area contributed by atoms with Crippen LogP contribution < -0.4 is 0 Å². The highest BCUT2D eigenvalue weighted by molar-refractivity contribution is 6.07.